The number of aryl methyl sites for hydroxylation is 1. The number of fused-ring (bicyclic) bond motifs is 1. The van der Waals surface area contributed by atoms with Crippen LogP contribution in [0.15, 0.2) is 72.8 Å². The summed E-state index contributed by atoms with van der Waals surface area (Å²) in [5.41, 5.74) is 3.67. The van der Waals surface area contributed by atoms with Crippen molar-refractivity contribution in [3.8, 4) is 11.5 Å². The smallest absolute Gasteiger partial charge is 0.255 e. The lowest BCUT2D eigenvalue weighted by Crippen LogP contribution is -2.41. The summed E-state index contributed by atoms with van der Waals surface area (Å²) in [6.07, 6.45) is 0.876. The second-order valence-electron chi connectivity index (χ2n) is 7.43. The zero-order chi connectivity index (χ0) is 20.9. The Morgan fingerprint density at radius 2 is 1.90 bits per heavy atom. The largest absolute Gasteiger partial charge is 0.490 e. The van der Waals surface area contributed by atoms with Crippen molar-refractivity contribution >= 4 is 17.3 Å². The fourth-order valence-corrected chi connectivity index (χ4v) is 3.54. The Labute approximate surface area is 177 Å². The lowest BCUT2D eigenvalue weighted by atomic mass is 10.1. The van der Waals surface area contributed by atoms with Crippen molar-refractivity contribution in [3.63, 3.8) is 0 Å². The zero-order valence-electron chi connectivity index (χ0n) is 17.3. The molecule has 0 saturated heterocycles. The van der Waals surface area contributed by atoms with Crippen LogP contribution in [-0.4, -0.2) is 32.2 Å². The van der Waals surface area contributed by atoms with Gasteiger partial charge >= 0.3 is 0 Å². The minimum Gasteiger partial charge on any atom is -0.490 e. The predicted octanol–water partition coefficient (Wildman–Crippen LogP) is 4.78. The average Bonchev–Trinajstić information content (AvgIpc) is 2.78. The van der Waals surface area contributed by atoms with Crippen LogP contribution in [0.25, 0.3) is 0 Å². The molecule has 1 aliphatic heterocycles. The lowest BCUT2D eigenvalue weighted by molar-refractivity contribution is 0.102. The minimum atomic E-state index is -0.136. The molecule has 0 aromatic heterocycles. The highest BCUT2D eigenvalue weighted by Gasteiger charge is 2.23. The fraction of sp³-hybridized carbons (Fsp3) is 0.240. The number of ether oxygens (including phenoxy) is 2. The molecule has 4 rings (SSSR count). The molecule has 3 aromatic carbocycles. The highest BCUT2D eigenvalue weighted by atomic mass is 16.5. The molecule has 0 saturated carbocycles. The van der Waals surface area contributed by atoms with E-state index in [0.717, 1.165) is 30.1 Å². The molecule has 1 atom stereocenters. The normalized spacial score (nSPS) is 15.1. The summed E-state index contributed by atoms with van der Waals surface area (Å²) in [6, 6.07) is 23.1. The fourth-order valence-electron chi connectivity index (χ4n) is 3.54. The van der Waals surface area contributed by atoms with Gasteiger partial charge in [0.15, 0.2) is 0 Å². The van der Waals surface area contributed by atoms with Crippen LogP contribution in [0, 0.1) is 0 Å². The Hall–Kier alpha value is -3.47. The van der Waals surface area contributed by atoms with Crippen molar-refractivity contribution in [3.05, 3.63) is 83.9 Å². The van der Waals surface area contributed by atoms with E-state index >= 15 is 0 Å². The molecule has 1 aliphatic rings. The summed E-state index contributed by atoms with van der Waals surface area (Å²) in [5.74, 6) is 1.45. The first-order valence-corrected chi connectivity index (χ1v) is 10.2. The Balaban J connectivity index is 1.33. The van der Waals surface area contributed by atoms with E-state index < -0.39 is 0 Å². The predicted molar refractivity (Wildman–Crippen MR) is 120 cm³/mol. The topological polar surface area (TPSA) is 50.8 Å². The van der Waals surface area contributed by atoms with E-state index in [4.69, 9.17) is 9.47 Å². The number of nitrogens with zero attached hydrogens (tertiary/aromatic N) is 1. The van der Waals surface area contributed by atoms with Gasteiger partial charge in [0.05, 0.1) is 12.2 Å². The Morgan fingerprint density at radius 1 is 1.10 bits per heavy atom. The van der Waals surface area contributed by atoms with Crippen molar-refractivity contribution in [2.75, 3.05) is 30.4 Å². The number of anilines is 2. The van der Waals surface area contributed by atoms with Crippen LogP contribution < -0.4 is 19.7 Å². The van der Waals surface area contributed by atoms with Crippen molar-refractivity contribution in [2.24, 2.45) is 0 Å². The van der Waals surface area contributed by atoms with Crippen molar-refractivity contribution in [1.82, 2.24) is 0 Å². The molecule has 1 N–H and O–H groups in total. The van der Waals surface area contributed by atoms with Crippen LogP contribution >= 0.6 is 0 Å². The first kappa shape index (κ1) is 19.8. The lowest BCUT2D eigenvalue weighted by Gasteiger charge is -2.33. The molecule has 3 aromatic rings. The van der Waals surface area contributed by atoms with Gasteiger partial charge in [0.2, 0.25) is 0 Å². The van der Waals surface area contributed by atoms with Gasteiger partial charge in [-0.3, -0.25) is 4.79 Å². The summed E-state index contributed by atoms with van der Waals surface area (Å²) in [7, 11) is 2.05. The molecular weight excluding hydrogens is 376 g/mol. The Bertz CT molecular complexity index is 1020. The van der Waals surface area contributed by atoms with Crippen LogP contribution in [0.1, 0.15) is 22.8 Å². The van der Waals surface area contributed by atoms with E-state index in [-0.39, 0.29) is 12.0 Å². The van der Waals surface area contributed by atoms with E-state index in [1.54, 1.807) is 12.1 Å². The van der Waals surface area contributed by atoms with Gasteiger partial charge in [-0.15, -0.1) is 0 Å². The maximum Gasteiger partial charge on any atom is 0.255 e. The second-order valence-corrected chi connectivity index (χ2v) is 7.43. The first-order chi connectivity index (χ1) is 14.6. The standard InChI is InChI=1S/C25H26N2O3/c1-3-18-7-6-8-20(15-18)26-25(28)19-11-13-21(14-12-19)29-17-22-16-27(2)23-9-4-5-10-24(23)30-22/h4-15,22H,3,16-17H2,1-2H3,(H,26,28). The maximum absolute atomic E-state index is 12.5. The molecule has 0 aliphatic carbocycles. The van der Waals surface area contributed by atoms with Gasteiger partial charge in [0.25, 0.3) is 5.91 Å². The molecule has 0 bridgehead atoms. The summed E-state index contributed by atoms with van der Waals surface area (Å²) < 4.78 is 11.9. The van der Waals surface area contributed by atoms with Crippen molar-refractivity contribution in [2.45, 2.75) is 19.4 Å². The number of likely N-dealkylation sites (N-methyl/N-ethyl adjacent to an activating group) is 1. The number of carbonyl (C=O) groups excluding carboxylic acids is 1. The first-order valence-electron chi connectivity index (χ1n) is 10.2. The van der Waals surface area contributed by atoms with E-state index in [1.165, 1.54) is 5.56 Å². The average molecular weight is 402 g/mol. The molecule has 1 amide bonds. The van der Waals surface area contributed by atoms with E-state index in [0.29, 0.717) is 17.9 Å². The highest BCUT2D eigenvalue weighted by Crippen LogP contribution is 2.32. The molecule has 0 radical (unpaired) electrons. The number of carbonyl (C=O) groups is 1. The van der Waals surface area contributed by atoms with E-state index in [2.05, 4.69) is 30.3 Å². The van der Waals surface area contributed by atoms with Gasteiger partial charge in [-0.1, -0.05) is 31.2 Å². The SMILES string of the molecule is CCc1cccc(NC(=O)c2ccc(OCC3CN(C)c4ccccc4O3)cc2)c1. The van der Waals surface area contributed by atoms with E-state index in [1.807, 2.05) is 54.6 Å². The minimum absolute atomic E-state index is 0.0567. The molecule has 1 unspecified atom stereocenters. The Morgan fingerprint density at radius 3 is 2.70 bits per heavy atom. The highest BCUT2D eigenvalue weighted by molar-refractivity contribution is 6.04. The monoisotopic (exact) mass is 402 g/mol. The van der Waals surface area contributed by atoms with E-state index in [9.17, 15) is 4.79 Å². The maximum atomic E-state index is 12.5. The third kappa shape index (κ3) is 4.57. The van der Waals surface area contributed by atoms with Gasteiger partial charge in [-0.2, -0.15) is 0 Å². The molecule has 0 spiro atoms. The summed E-state index contributed by atoms with van der Waals surface area (Å²) >= 11 is 0. The van der Waals surface area contributed by atoms with Gasteiger partial charge in [-0.25, -0.2) is 0 Å². The molecule has 0 fully saturated rings. The summed E-state index contributed by atoms with van der Waals surface area (Å²) in [6.45, 7) is 3.29. The molecule has 30 heavy (non-hydrogen) atoms. The number of amides is 1. The molecule has 1 heterocycles. The number of rotatable bonds is 6. The third-order valence-electron chi connectivity index (χ3n) is 5.19. The van der Waals surface area contributed by atoms with Crippen molar-refractivity contribution in [1.29, 1.82) is 0 Å². The van der Waals surface area contributed by atoms with Crippen molar-refractivity contribution < 1.29 is 14.3 Å². The van der Waals surface area contributed by atoms with Crippen LogP contribution in [0.3, 0.4) is 0 Å². The molecular formula is C25H26N2O3. The quantitative estimate of drug-likeness (QED) is 0.645. The van der Waals surface area contributed by atoms with Crippen LogP contribution in [0.4, 0.5) is 11.4 Å². The molecule has 5 heteroatoms. The molecule has 5 nitrogen and oxygen atoms in total. The van der Waals surface area contributed by atoms with Gasteiger partial charge < -0.3 is 19.7 Å². The third-order valence-corrected chi connectivity index (χ3v) is 5.19. The number of hydrogen-bond donors (Lipinski definition) is 1. The molecule has 154 valence electrons. The van der Waals surface area contributed by atoms with Crippen LogP contribution in [0.5, 0.6) is 11.5 Å². The van der Waals surface area contributed by atoms with Crippen LogP contribution in [-0.2, 0) is 6.42 Å². The Kier molecular flexibility index (Phi) is 5.89. The van der Waals surface area contributed by atoms with Crippen LogP contribution in [0.2, 0.25) is 0 Å². The zero-order valence-corrected chi connectivity index (χ0v) is 17.3. The van der Waals surface area contributed by atoms with Gasteiger partial charge in [0.1, 0.15) is 24.2 Å². The summed E-state index contributed by atoms with van der Waals surface area (Å²) in [4.78, 5) is 14.7. The van der Waals surface area contributed by atoms with Gasteiger partial charge in [0, 0.05) is 18.3 Å². The number of benzene rings is 3. The number of hydrogen-bond acceptors (Lipinski definition) is 4. The number of nitrogens with one attached hydrogen (secondary N) is 1. The number of para-hydroxylation sites is 2. The second kappa shape index (κ2) is 8.91. The summed E-state index contributed by atoms with van der Waals surface area (Å²) in [5, 5.41) is 2.95. The van der Waals surface area contributed by atoms with Gasteiger partial charge in [-0.05, 0) is 60.5 Å².